The number of rotatable bonds is 6. The van der Waals surface area contributed by atoms with Gasteiger partial charge in [-0.3, -0.25) is 0 Å². The van der Waals surface area contributed by atoms with Gasteiger partial charge in [0.1, 0.15) is 0 Å². The van der Waals surface area contributed by atoms with Crippen molar-refractivity contribution in [3.63, 3.8) is 0 Å². The van der Waals surface area contributed by atoms with E-state index in [4.69, 9.17) is 4.74 Å². The van der Waals surface area contributed by atoms with E-state index in [9.17, 15) is 0 Å². The van der Waals surface area contributed by atoms with Gasteiger partial charge in [-0.05, 0) is 51.9 Å². The summed E-state index contributed by atoms with van der Waals surface area (Å²) >= 11 is 2.03. The molecule has 1 saturated carbocycles. The van der Waals surface area contributed by atoms with Gasteiger partial charge in [0.25, 0.3) is 0 Å². The summed E-state index contributed by atoms with van der Waals surface area (Å²) in [7, 11) is 4.42. The van der Waals surface area contributed by atoms with E-state index >= 15 is 0 Å². The second kappa shape index (κ2) is 7.35. The lowest BCUT2D eigenvalue weighted by Crippen LogP contribution is -2.58. The number of hydrogen-bond acceptors (Lipinski definition) is 4. The van der Waals surface area contributed by atoms with Crippen LogP contribution in [0.15, 0.2) is 35.2 Å². The summed E-state index contributed by atoms with van der Waals surface area (Å²) in [5.41, 5.74) is 0.288. The zero-order chi connectivity index (χ0) is 15.4. The third-order valence-electron chi connectivity index (χ3n) is 5.23. The minimum atomic E-state index is 0.288. The molecule has 2 fully saturated rings. The highest BCUT2D eigenvalue weighted by molar-refractivity contribution is 8.00. The summed E-state index contributed by atoms with van der Waals surface area (Å²) in [6, 6.07) is 11.5. The van der Waals surface area contributed by atoms with Crippen molar-refractivity contribution in [2.45, 2.75) is 47.4 Å². The zero-order valence-electron chi connectivity index (χ0n) is 13.8. The molecule has 122 valence electrons. The molecule has 0 aromatic heterocycles. The molecule has 3 rings (SSSR count). The molecule has 1 aliphatic carbocycles. The van der Waals surface area contributed by atoms with Crippen LogP contribution in [0.3, 0.4) is 0 Å². The van der Waals surface area contributed by atoms with Gasteiger partial charge in [-0.2, -0.15) is 0 Å². The van der Waals surface area contributed by atoms with E-state index < -0.39 is 0 Å². The van der Waals surface area contributed by atoms with Crippen LogP contribution in [-0.4, -0.2) is 55.6 Å². The summed E-state index contributed by atoms with van der Waals surface area (Å²) in [6.45, 7) is 2.89. The fourth-order valence-electron chi connectivity index (χ4n) is 3.39. The molecule has 1 saturated heterocycles. The quantitative estimate of drug-likeness (QED) is 0.871. The highest BCUT2D eigenvalue weighted by Crippen LogP contribution is 2.37. The number of nitrogens with zero attached hydrogens (tertiary/aromatic N) is 1. The number of nitrogens with one attached hydrogen (secondary N) is 1. The number of hydrogen-bond donors (Lipinski definition) is 1. The molecule has 2 aliphatic rings. The molecule has 1 N–H and O–H groups in total. The largest absolute Gasteiger partial charge is 0.381 e. The van der Waals surface area contributed by atoms with E-state index in [-0.39, 0.29) is 5.54 Å². The highest BCUT2D eigenvalue weighted by atomic mass is 32.2. The van der Waals surface area contributed by atoms with Gasteiger partial charge in [0.05, 0.1) is 0 Å². The second-order valence-corrected chi connectivity index (χ2v) is 8.21. The van der Waals surface area contributed by atoms with Gasteiger partial charge >= 0.3 is 0 Å². The number of ether oxygens (including phenoxy) is 1. The Labute approximate surface area is 138 Å². The van der Waals surface area contributed by atoms with E-state index in [0.717, 1.165) is 37.9 Å². The molecule has 0 unspecified atom stereocenters. The smallest absolute Gasteiger partial charge is 0.0484 e. The van der Waals surface area contributed by atoms with Crippen molar-refractivity contribution in [3.05, 3.63) is 30.3 Å². The van der Waals surface area contributed by atoms with Crippen molar-refractivity contribution in [2.75, 3.05) is 33.9 Å². The first-order chi connectivity index (χ1) is 10.7. The van der Waals surface area contributed by atoms with Crippen LogP contribution in [0.4, 0.5) is 0 Å². The molecule has 4 heteroatoms. The van der Waals surface area contributed by atoms with Crippen molar-refractivity contribution in [2.24, 2.45) is 0 Å². The first-order valence-corrected chi connectivity index (χ1v) is 9.26. The molecule has 1 aliphatic heterocycles. The summed E-state index contributed by atoms with van der Waals surface area (Å²) < 4.78 is 5.55. The Kier molecular flexibility index (Phi) is 5.45. The second-order valence-electron chi connectivity index (χ2n) is 6.83. The van der Waals surface area contributed by atoms with E-state index in [0.29, 0.717) is 6.04 Å². The SMILES string of the molecule is CN(C)C1(CNC2CC(Sc3ccccc3)C2)CCOCC1. The lowest BCUT2D eigenvalue weighted by molar-refractivity contribution is -0.00934. The average molecular weight is 321 g/mol. The van der Waals surface area contributed by atoms with Gasteiger partial charge < -0.3 is 15.0 Å². The van der Waals surface area contributed by atoms with Crippen LogP contribution in [-0.2, 0) is 4.74 Å². The molecule has 22 heavy (non-hydrogen) atoms. The standard InChI is InChI=1S/C18H28N2OS/c1-20(2)18(8-10-21-11-9-18)14-19-15-12-17(13-15)22-16-6-4-3-5-7-16/h3-7,15,17,19H,8-14H2,1-2H3. The van der Waals surface area contributed by atoms with E-state index in [1.165, 1.54) is 17.7 Å². The first kappa shape index (κ1) is 16.3. The molecular weight excluding hydrogens is 292 g/mol. The predicted molar refractivity (Wildman–Crippen MR) is 93.6 cm³/mol. The zero-order valence-corrected chi connectivity index (χ0v) is 14.6. The fourth-order valence-corrected chi connectivity index (χ4v) is 4.74. The molecule has 0 atom stereocenters. The molecular formula is C18H28N2OS. The van der Waals surface area contributed by atoms with Crippen LogP contribution < -0.4 is 5.32 Å². The number of benzene rings is 1. The van der Waals surface area contributed by atoms with Gasteiger partial charge in [-0.25, -0.2) is 0 Å². The Morgan fingerprint density at radius 2 is 1.86 bits per heavy atom. The maximum Gasteiger partial charge on any atom is 0.0484 e. The summed E-state index contributed by atoms with van der Waals surface area (Å²) in [5, 5.41) is 4.60. The Morgan fingerprint density at radius 1 is 1.18 bits per heavy atom. The summed E-state index contributed by atoms with van der Waals surface area (Å²) in [5.74, 6) is 0. The van der Waals surface area contributed by atoms with Crippen LogP contribution in [0.5, 0.6) is 0 Å². The minimum absolute atomic E-state index is 0.288. The average Bonchev–Trinajstić information content (AvgIpc) is 2.51. The van der Waals surface area contributed by atoms with Gasteiger partial charge in [-0.15, -0.1) is 11.8 Å². The van der Waals surface area contributed by atoms with Crippen LogP contribution in [0.25, 0.3) is 0 Å². The first-order valence-electron chi connectivity index (χ1n) is 8.38. The van der Waals surface area contributed by atoms with Crippen LogP contribution in [0.2, 0.25) is 0 Å². The van der Waals surface area contributed by atoms with Gasteiger partial charge in [0.15, 0.2) is 0 Å². The van der Waals surface area contributed by atoms with Crippen LogP contribution >= 0.6 is 11.8 Å². The Balaban J connectivity index is 1.42. The molecule has 0 amide bonds. The lowest BCUT2D eigenvalue weighted by atomic mass is 9.86. The Bertz CT molecular complexity index is 453. The Hall–Kier alpha value is -0.550. The topological polar surface area (TPSA) is 24.5 Å². The maximum atomic E-state index is 5.55. The number of likely N-dealkylation sites (N-methyl/N-ethyl adjacent to an activating group) is 1. The van der Waals surface area contributed by atoms with Crippen molar-refractivity contribution < 1.29 is 4.74 Å². The third kappa shape index (κ3) is 3.85. The van der Waals surface area contributed by atoms with E-state index in [2.05, 4.69) is 54.6 Å². The normalized spacial score (nSPS) is 27.6. The van der Waals surface area contributed by atoms with Crippen molar-refractivity contribution in [3.8, 4) is 0 Å². The van der Waals surface area contributed by atoms with E-state index in [1.54, 1.807) is 0 Å². The van der Waals surface area contributed by atoms with Crippen LogP contribution in [0.1, 0.15) is 25.7 Å². The van der Waals surface area contributed by atoms with E-state index in [1.807, 2.05) is 11.8 Å². The molecule has 1 aromatic carbocycles. The van der Waals surface area contributed by atoms with Crippen molar-refractivity contribution >= 4 is 11.8 Å². The van der Waals surface area contributed by atoms with Gasteiger partial charge in [0, 0.05) is 41.5 Å². The fraction of sp³-hybridized carbons (Fsp3) is 0.667. The third-order valence-corrected chi connectivity index (χ3v) is 6.50. The molecule has 0 spiro atoms. The molecule has 3 nitrogen and oxygen atoms in total. The van der Waals surface area contributed by atoms with Gasteiger partial charge in [-0.1, -0.05) is 18.2 Å². The molecule has 1 aromatic rings. The highest BCUT2D eigenvalue weighted by Gasteiger charge is 2.37. The monoisotopic (exact) mass is 320 g/mol. The Morgan fingerprint density at radius 3 is 2.50 bits per heavy atom. The predicted octanol–water partition coefficient (Wildman–Crippen LogP) is 3.01. The van der Waals surface area contributed by atoms with Crippen LogP contribution in [0, 0.1) is 0 Å². The van der Waals surface area contributed by atoms with Gasteiger partial charge in [0.2, 0.25) is 0 Å². The van der Waals surface area contributed by atoms with Crippen molar-refractivity contribution in [1.29, 1.82) is 0 Å². The summed E-state index contributed by atoms with van der Waals surface area (Å²) in [6.07, 6.45) is 4.86. The summed E-state index contributed by atoms with van der Waals surface area (Å²) in [4.78, 5) is 3.80. The molecule has 0 bridgehead atoms. The molecule has 0 radical (unpaired) electrons. The van der Waals surface area contributed by atoms with Crippen molar-refractivity contribution in [1.82, 2.24) is 10.2 Å². The number of thioether (sulfide) groups is 1. The maximum absolute atomic E-state index is 5.55. The lowest BCUT2D eigenvalue weighted by Gasteiger charge is -2.45. The molecule has 1 heterocycles. The minimum Gasteiger partial charge on any atom is -0.381 e.